The number of nitrogens with one attached hydrogen (secondary N) is 3. The van der Waals surface area contributed by atoms with Gasteiger partial charge in [-0.25, -0.2) is 23.2 Å². The van der Waals surface area contributed by atoms with E-state index in [0.717, 1.165) is 0 Å². The minimum atomic E-state index is -3.91. The van der Waals surface area contributed by atoms with Gasteiger partial charge in [-0.15, -0.1) is 6.58 Å². The summed E-state index contributed by atoms with van der Waals surface area (Å²) in [5.74, 6) is -2.43. The third-order valence-electron chi connectivity index (χ3n) is 8.56. The number of methoxy groups -OCH3 is 1. The zero-order chi connectivity index (χ0) is 34.5. The second-order valence-corrected chi connectivity index (χ2v) is 15.4. The Morgan fingerprint density at radius 1 is 1.19 bits per heavy atom. The smallest absolute Gasteiger partial charge is 0.405 e. The summed E-state index contributed by atoms with van der Waals surface area (Å²) in [6, 6.07) is 2.51. The molecule has 4 N–H and O–H groups in total. The second-order valence-electron chi connectivity index (χ2n) is 13.1. The number of sulfonamides is 1. The van der Waals surface area contributed by atoms with Gasteiger partial charge in [0.05, 0.1) is 29.9 Å². The molecule has 17 heteroatoms. The maximum absolute atomic E-state index is 14.0. The van der Waals surface area contributed by atoms with Gasteiger partial charge in [-0.1, -0.05) is 38.4 Å². The number of benzene rings is 1. The van der Waals surface area contributed by atoms with Crippen molar-refractivity contribution in [2.45, 2.75) is 75.4 Å². The molecule has 1 aromatic heterocycles. The number of ether oxygens (including phenoxy) is 2. The van der Waals surface area contributed by atoms with Crippen molar-refractivity contribution in [2.75, 3.05) is 13.7 Å². The van der Waals surface area contributed by atoms with Crippen LogP contribution in [-0.2, 0) is 24.4 Å². The van der Waals surface area contributed by atoms with Crippen LogP contribution in [0.5, 0.6) is 11.6 Å². The standard InChI is InChI=1S/C30H37ClN6O9S/c1-6-15-13-30(15,27(40)36-47(43,44)18-8-9-18)35-24(38)21-12-17(14-37(21)26(39)22(29(2,3)4)34-28(41)42)46-25-23(31)32-19-10-7-16(45-5)11-20(19)33-25/h6-7,10-11,15,17-18,21-22,34H,1,8-9,12-14H2,2-5H3,(H,35,38)(H,36,40)(H,41,42)/t15-,17-,21+,22?,30-/m1/s1. The Hall–Kier alpha value is -4.18. The van der Waals surface area contributed by atoms with Crippen LogP contribution in [0, 0.1) is 11.3 Å². The summed E-state index contributed by atoms with van der Waals surface area (Å²) in [5, 5.41) is 13.7. The molecule has 0 spiro atoms. The van der Waals surface area contributed by atoms with Crippen molar-refractivity contribution < 1.29 is 42.2 Å². The van der Waals surface area contributed by atoms with Gasteiger partial charge in [-0.3, -0.25) is 19.1 Å². The van der Waals surface area contributed by atoms with Crippen LogP contribution in [0.3, 0.4) is 0 Å². The van der Waals surface area contributed by atoms with Crippen molar-refractivity contribution in [1.29, 1.82) is 0 Å². The fourth-order valence-corrected chi connectivity index (χ4v) is 7.23. The second kappa shape index (κ2) is 12.4. The first-order valence-corrected chi connectivity index (χ1v) is 16.9. The zero-order valence-corrected chi connectivity index (χ0v) is 27.9. The quantitative estimate of drug-likeness (QED) is 0.251. The maximum atomic E-state index is 14.0. The first-order valence-electron chi connectivity index (χ1n) is 15.0. The van der Waals surface area contributed by atoms with Crippen LogP contribution in [0.1, 0.15) is 46.5 Å². The number of halogens is 1. The SMILES string of the molecule is C=C[C@@H]1C[C@]1(NC(=O)[C@@H]1C[C@@H](Oc2nc3cc(OC)ccc3nc2Cl)CN1C(=O)C(NC(=O)O)C(C)(C)C)C(=O)NS(=O)(=O)C1CC1. The predicted molar refractivity (Wildman–Crippen MR) is 169 cm³/mol. The Morgan fingerprint density at radius 3 is 2.47 bits per heavy atom. The number of amides is 4. The molecule has 254 valence electrons. The minimum Gasteiger partial charge on any atom is -0.497 e. The van der Waals surface area contributed by atoms with Gasteiger partial charge >= 0.3 is 6.09 Å². The molecular weight excluding hydrogens is 656 g/mol. The van der Waals surface area contributed by atoms with Gasteiger partial charge in [0.25, 0.3) is 11.8 Å². The first-order chi connectivity index (χ1) is 22.0. The van der Waals surface area contributed by atoms with E-state index in [0.29, 0.717) is 29.6 Å². The Bertz CT molecular complexity index is 1740. The molecule has 1 unspecified atom stereocenters. The molecule has 0 radical (unpaired) electrons. The highest BCUT2D eigenvalue weighted by molar-refractivity contribution is 7.91. The van der Waals surface area contributed by atoms with Crippen molar-refractivity contribution in [1.82, 2.24) is 30.2 Å². The van der Waals surface area contributed by atoms with Crippen LogP contribution in [0.2, 0.25) is 5.15 Å². The Kier molecular flexibility index (Phi) is 9.05. The number of fused-ring (bicyclic) bond motifs is 1. The Morgan fingerprint density at radius 2 is 1.89 bits per heavy atom. The number of rotatable bonds is 11. The first kappa shape index (κ1) is 34.2. The lowest BCUT2D eigenvalue weighted by Crippen LogP contribution is -2.60. The number of hydrogen-bond acceptors (Lipinski definition) is 10. The van der Waals surface area contributed by atoms with Gasteiger partial charge in [-0.2, -0.15) is 0 Å². The molecule has 0 bridgehead atoms. The van der Waals surface area contributed by atoms with E-state index in [1.807, 2.05) is 0 Å². The van der Waals surface area contributed by atoms with Crippen LogP contribution >= 0.6 is 11.6 Å². The molecule has 4 amide bonds. The number of carbonyl (C=O) groups is 4. The lowest BCUT2D eigenvalue weighted by molar-refractivity contribution is -0.142. The normalized spacial score (nSPS) is 24.6. The summed E-state index contributed by atoms with van der Waals surface area (Å²) >= 11 is 6.39. The van der Waals surface area contributed by atoms with E-state index in [1.54, 1.807) is 39.0 Å². The van der Waals surface area contributed by atoms with Crippen molar-refractivity contribution in [3.8, 4) is 11.6 Å². The largest absolute Gasteiger partial charge is 0.497 e. The third kappa shape index (κ3) is 7.07. The van der Waals surface area contributed by atoms with Crippen LogP contribution in [-0.4, -0.2) is 94.8 Å². The highest BCUT2D eigenvalue weighted by atomic mass is 35.5. The van der Waals surface area contributed by atoms with Crippen molar-refractivity contribution >= 4 is 56.5 Å². The van der Waals surface area contributed by atoms with Gasteiger partial charge in [0, 0.05) is 18.4 Å². The minimum absolute atomic E-state index is 0.0584. The molecule has 3 fully saturated rings. The topological polar surface area (TPSA) is 206 Å². The van der Waals surface area contributed by atoms with E-state index in [9.17, 15) is 32.7 Å². The average molecular weight is 693 g/mol. The molecule has 2 aliphatic carbocycles. The van der Waals surface area contributed by atoms with Crippen LogP contribution in [0.15, 0.2) is 30.9 Å². The molecule has 2 aromatic rings. The molecule has 47 heavy (non-hydrogen) atoms. The van der Waals surface area contributed by atoms with Gasteiger partial charge in [0.2, 0.25) is 21.8 Å². The van der Waals surface area contributed by atoms with Crippen molar-refractivity contribution in [3.63, 3.8) is 0 Å². The van der Waals surface area contributed by atoms with Crippen LogP contribution in [0.4, 0.5) is 4.79 Å². The molecule has 15 nitrogen and oxygen atoms in total. The zero-order valence-electron chi connectivity index (χ0n) is 26.3. The summed E-state index contributed by atoms with van der Waals surface area (Å²) in [6.45, 7) is 8.55. The lowest BCUT2D eigenvalue weighted by Gasteiger charge is -2.35. The number of carbonyl (C=O) groups excluding carboxylic acids is 3. The summed E-state index contributed by atoms with van der Waals surface area (Å²) in [4.78, 5) is 62.9. The van der Waals surface area contributed by atoms with E-state index in [2.05, 4.69) is 31.9 Å². The number of aromatic nitrogens is 2. The van der Waals surface area contributed by atoms with Gasteiger partial charge in [0.15, 0.2) is 5.15 Å². The summed E-state index contributed by atoms with van der Waals surface area (Å²) in [6.07, 6.45) is 0.0499. The van der Waals surface area contributed by atoms with E-state index >= 15 is 0 Å². The fraction of sp³-hybridized carbons (Fsp3) is 0.533. The molecule has 1 aromatic carbocycles. The predicted octanol–water partition coefficient (Wildman–Crippen LogP) is 1.99. The molecule has 5 atom stereocenters. The van der Waals surface area contributed by atoms with Crippen molar-refractivity contribution in [3.05, 3.63) is 36.0 Å². The highest BCUT2D eigenvalue weighted by Gasteiger charge is 2.62. The number of hydrogen-bond donors (Lipinski definition) is 4. The van der Waals surface area contributed by atoms with E-state index in [-0.39, 0.29) is 30.4 Å². The number of nitrogens with zero attached hydrogens (tertiary/aromatic N) is 3. The molecular formula is C30H37ClN6O9S. The average Bonchev–Trinajstić information content (AvgIpc) is 3.92. The Labute approximate surface area is 276 Å². The summed E-state index contributed by atoms with van der Waals surface area (Å²) in [7, 11) is -2.41. The highest BCUT2D eigenvalue weighted by Crippen LogP contribution is 2.45. The molecule has 5 rings (SSSR count). The van der Waals surface area contributed by atoms with Crippen LogP contribution in [0.25, 0.3) is 11.0 Å². The number of likely N-dealkylation sites (tertiary alicyclic amines) is 1. The van der Waals surface area contributed by atoms with E-state index in [4.69, 9.17) is 21.1 Å². The van der Waals surface area contributed by atoms with E-state index in [1.165, 1.54) is 18.1 Å². The molecule has 3 aliphatic rings. The molecule has 1 aliphatic heterocycles. The summed E-state index contributed by atoms with van der Waals surface area (Å²) in [5.41, 5.74) is -1.60. The van der Waals surface area contributed by atoms with Crippen molar-refractivity contribution in [2.24, 2.45) is 11.3 Å². The number of carboxylic acid groups (broad SMARTS) is 1. The lowest BCUT2D eigenvalue weighted by atomic mass is 9.85. The third-order valence-corrected chi connectivity index (χ3v) is 10.6. The fourth-order valence-electron chi connectivity index (χ4n) is 5.69. The van der Waals surface area contributed by atoms with Gasteiger partial charge in [0.1, 0.15) is 29.5 Å². The summed E-state index contributed by atoms with van der Waals surface area (Å²) < 4.78 is 38.6. The van der Waals surface area contributed by atoms with Gasteiger partial charge in [-0.05, 0) is 36.8 Å². The Balaban J connectivity index is 1.44. The maximum Gasteiger partial charge on any atom is 0.405 e. The molecule has 1 saturated heterocycles. The molecule has 2 saturated carbocycles. The van der Waals surface area contributed by atoms with Crippen LogP contribution < -0.4 is 24.8 Å². The van der Waals surface area contributed by atoms with Gasteiger partial charge < -0.3 is 30.1 Å². The molecule has 2 heterocycles. The monoisotopic (exact) mass is 692 g/mol. The van der Waals surface area contributed by atoms with E-state index < -0.39 is 74.1 Å².